The van der Waals surface area contributed by atoms with Crippen molar-refractivity contribution in [3.05, 3.63) is 53.1 Å². The van der Waals surface area contributed by atoms with Crippen molar-refractivity contribution in [3.8, 4) is 5.75 Å². The van der Waals surface area contributed by atoms with Gasteiger partial charge in [-0.2, -0.15) is 4.99 Å². The lowest BCUT2D eigenvalue weighted by Gasteiger charge is -2.31. The molecular formula is C28H30ClN5O4S. The second kappa shape index (κ2) is 12.2. The zero-order chi connectivity index (χ0) is 27.4. The number of fused-ring (bicyclic) bond motifs is 3. The highest BCUT2D eigenvalue weighted by Crippen LogP contribution is 2.35. The number of benzene rings is 2. The first-order chi connectivity index (χ1) is 18.9. The third-order valence-corrected chi connectivity index (χ3v) is 8.18. The molecule has 3 amide bonds. The predicted molar refractivity (Wildman–Crippen MR) is 154 cm³/mol. The Morgan fingerprint density at radius 2 is 1.90 bits per heavy atom. The lowest BCUT2D eigenvalue weighted by molar-refractivity contribution is -0.123. The minimum atomic E-state index is -0.659. The van der Waals surface area contributed by atoms with Crippen molar-refractivity contribution in [2.75, 3.05) is 18.2 Å². The summed E-state index contributed by atoms with van der Waals surface area (Å²) in [6, 6.07) is 12.0. The molecule has 0 spiro atoms. The molecule has 2 aromatic carbocycles. The number of amidine groups is 2. The summed E-state index contributed by atoms with van der Waals surface area (Å²) in [4.78, 5) is 49.5. The molecule has 9 nitrogen and oxygen atoms in total. The van der Waals surface area contributed by atoms with E-state index in [4.69, 9.17) is 21.3 Å². The van der Waals surface area contributed by atoms with Crippen molar-refractivity contribution in [1.82, 2.24) is 10.2 Å². The average molecular weight is 568 g/mol. The molecule has 39 heavy (non-hydrogen) atoms. The van der Waals surface area contributed by atoms with E-state index in [1.165, 1.54) is 25.3 Å². The fraction of sp³-hybridized carbons (Fsp3) is 0.393. The average Bonchev–Trinajstić information content (AvgIpc) is 3.27. The molecule has 1 saturated carbocycles. The van der Waals surface area contributed by atoms with Gasteiger partial charge in [-0.3, -0.25) is 19.3 Å². The molecule has 2 N–H and O–H groups in total. The first kappa shape index (κ1) is 27.2. The number of hydrogen-bond acceptors (Lipinski definition) is 7. The van der Waals surface area contributed by atoms with E-state index in [2.05, 4.69) is 15.6 Å². The normalized spacial score (nSPS) is 18.6. The van der Waals surface area contributed by atoms with Gasteiger partial charge in [-0.1, -0.05) is 54.8 Å². The van der Waals surface area contributed by atoms with E-state index < -0.39 is 6.04 Å². The Balaban J connectivity index is 1.29. The zero-order valence-corrected chi connectivity index (χ0v) is 23.2. The Morgan fingerprint density at radius 3 is 2.69 bits per heavy atom. The van der Waals surface area contributed by atoms with Crippen LogP contribution in [0.2, 0.25) is 5.02 Å². The van der Waals surface area contributed by atoms with Gasteiger partial charge < -0.3 is 15.4 Å². The number of para-hydroxylation sites is 1. The summed E-state index contributed by atoms with van der Waals surface area (Å²) in [6.07, 6.45) is 5.99. The van der Waals surface area contributed by atoms with Crippen LogP contribution in [0.1, 0.15) is 50.5 Å². The number of carbonyl (C=O) groups is 3. The van der Waals surface area contributed by atoms with Crippen molar-refractivity contribution in [2.24, 2.45) is 9.98 Å². The molecule has 3 aliphatic rings. The minimum Gasteiger partial charge on any atom is -0.495 e. The highest BCUT2D eigenvalue weighted by atomic mass is 35.5. The van der Waals surface area contributed by atoms with Crippen LogP contribution >= 0.6 is 23.4 Å². The third kappa shape index (κ3) is 6.28. The maximum atomic E-state index is 13.0. The number of halogens is 1. The number of nitrogens with one attached hydrogen (secondary N) is 2. The molecule has 2 heterocycles. The van der Waals surface area contributed by atoms with Gasteiger partial charge in [0.05, 0.1) is 24.2 Å². The molecule has 2 aliphatic heterocycles. The van der Waals surface area contributed by atoms with E-state index in [-0.39, 0.29) is 35.9 Å². The van der Waals surface area contributed by atoms with E-state index in [0.717, 1.165) is 31.2 Å². The lowest BCUT2D eigenvalue weighted by Crippen LogP contribution is -2.44. The molecular weight excluding hydrogens is 538 g/mol. The quantitative estimate of drug-likeness (QED) is 0.469. The van der Waals surface area contributed by atoms with Gasteiger partial charge in [0.25, 0.3) is 5.91 Å². The molecule has 204 valence electrons. The fourth-order valence-electron chi connectivity index (χ4n) is 5.09. The molecule has 1 atom stereocenters. The van der Waals surface area contributed by atoms with Gasteiger partial charge in [-0.25, -0.2) is 4.99 Å². The number of hydrogen-bond donors (Lipinski definition) is 2. The number of ether oxygens (including phenoxy) is 1. The third-order valence-electron chi connectivity index (χ3n) is 6.99. The summed E-state index contributed by atoms with van der Waals surface area (Å²) in [7, 11) is 1.52. The fourth-order valence-corrected chi connectivity index (χ4v) is 6.11. The standard InChI is InChI=1S/C28H30ClN5O4S/c1-38-23-13-11-17(29)15-21(23)31-25(36)16-39-28-32-20-10-6-5-9-19(20)26-33-27(37)22(34(26)28)12-14-24(35)30-18-7-3-2-4-8-18/h5-6,9-11,13,15,18,22H,2-4,7-8,12,14,16H2,1H3,(H,30,35)(H,31,36). The number of rotatable bonds is 8. The molecule has 11 heteroatoms. The number of aliphatic imine (C=N–C) groups is 2. The molecule has 1 unspecified atom stereocenters. The van der Waals surface area contributed by atoms with Crippen LogP contribution in [-0.2, 0) is 14.4 Å². The van der Waals surface area contributed by atoms with Crippen LogP contribution in [-0.4, -0.2) is 58.6 Å². The number of methoxy groups -OCH3 is 1. The van der Waals surface area contributed by atoms with Crippen LogP contribution in [0.25, 0.3) is 0 Å². The first-order valence-corrected chi connectivity index (χ1v) is 14.4. The van der Waals surface area contributed by atoms with Crippen LogP contribution < -0.4 is 15.4 Å². The summed E-state index contributed by atoms with van der Waals surface area (Å²) in [5.41, 5.74) is 1.89. The smallest absolute Gasteiger partial charge is 0.270 e. The van der Waals surface area contributed by atoms with E-state index in [1.807, 2.05) is 24.3 Å². The Kier molecular flexibility index (Phi) is 8.52. The van der Waals surface area contributed by atoms with Gasteiger partial charge >= 0.3 is 0 Å². The minimum absolute atomic E-state index is 0.0313. The lowest BCUT2D eigenvalue weighted by atomic mass is 9.95. The Hall–Kier alpha value is -3.37. The summed E-state index contributed by atoms with van der Waals surface area (Å²) in [5.74, 6) is 0.379. The Labute approximate surface area is 236 Å². The maximum Gasteiger partial charge on any atom is 0.270 e. The van der Waals surface area contributed by atoms with Crippen molar-refractivity contribution in [2.45, 2.75) is 57.0 Å². The van der Waals surface area contributed by atoms with Crippen molar-refractivity contribution < 1.29 is 19.1 Å². The summed E-state index contributed by atoms with van der Waals surface area (Å²) < 4.78 is 5.31. The molecule has 0 radical (unpaired) electrons. The van der Waals surface area contributed by atoms with Gasteiger partial charge in [-0.15, -0.1) is 0 Å². The number of thioether (sulfide) groups is 1. The highest BCUT2D eigenvalue weighted by Gasteiger charge is 2.42. The van der Waals surface area contributed by atoms with Crippen molar-refractivity contribution in [1.29, 1.82) is 0 Å². The molecule has 1 fully saturated rings. The Morgan fingerprint density at radius 1 is 1.10 bits per heavy atom. The van der Waals surface area contributed by atoms with Gasteiger partial charge in [0.2, 0.25) is 11.8 Å². The van der Waals surface area contributed by atoms with Crippen molar-refractivity contribution in [3.63, 3.8) is 0 Å². The van der Waals surface area contributed by atoms with Crippen molar-refractivity contribution >= 4 is 63.5 Å². The number of carbonyl (C=O) groups excluding carboxylic acids is 3. The van der Waals surface area contributed by atoms with Gasteiger partial charge in [0, 0.05) is 23.0 Å². The van der Waals surface area contributed by atoms with Crippen LogP contribution in [0.15, 0.2) is 52.4 Å². The topological polar surface area (TPSA) is 112 Å². The summed E-state index contributed by atoms with van der Waals surface area (Å²) in [5, 5.41) is 6.91. The largest absolute Gasteiger partial charge is 0.495 e. The number of amides is 3. The van der Waals surface area contributed by atoms with E-state index in [0.29, 0.717) is 39.6 Å². The van der Waals surface area contributed by atoms with Crippen LogP contribution in [0.5, 0.6) is 5.75 Å². The number of nitrogens with zero attached hydrogens (tertiary/aromatic N) is 3. The second-order valence-corrected chi connectivity index (χ2v) is 11.1. The molecule has 0 saturated heterocycles. The molecule has 0 bridgehead atoms. The SMILES string of the molecule is COc1ccc(Cl)cc1NC(=O)CSC1=Nc2ccccc2C2=NC(=O)C(CCC(=O)NC3CCCCC3)N12. The predicted octanol–water partition coefficient (Wildman–Crippen LogP) is 4.91. The van der Waals surface area contributed by atoms with E-state index >= 15 is 0 Å². The summed E-state index contributed by atoms with van der Waals surface area (Å²) in [6.45, 7) is 0. The maximum absolute atomic E-state index is 13.0. The highest BCUT2D eigenvalue weighted by molar-refractivity contribution is 8.14. The zero-order valence-electron chi connectivity index (χ0n) is 21.6. The molecule has 2 aromatic rings. The number of anilines is 1. The van der Waals surface area contributed by atoms with Gasteiger partial charge in [-0.05, 0) is 49.6 Å². The van der Waals surface area contributed by atoms with Crippen LogP contribution in [0.3, 0.4) is 0 Å². The Bertz CT molecular complexity index is 1340. The monoisotopic (exact) mass is 567 g/mol. The molecule has 0 aromatic heterocycles. The van der Waals surface area contributed by atoms with Gasteiger partial charge in [0.15, 0.2) is 5.17 Å². The summed E-state index contributed by atoms with van der Waals surface area (Å²) >= 11 is 7.30. The first-order valence-electron chi connectivity index (χ1n) is 13.1. The molecule has 1 aliphatic carbocycles. The molecule has 5 rings (SSSR count). The van der Waals surface area contributed by atoms with E-state index in [9.17, 15) is 14.4 Å². The van der Waals surface area contributed by atoms with Gasteiger partial charge in [0.1, 0.15) is 17.6 Å². The second-order valence-electron chi connectivity index (χ2n) is 9.69. The van der Waals surface area contributed by atoms with E-state index in [1.54, 1.807) is 23.1 Å². The van der Waals surface area contributed by atoms with Crippen LogP contribution in [0.4, 0.5) is 11.4 Å². The van der Waals surface area contributed by atoms with Crippen LogP contribution in [0, 0.1) is 0 Å².